The minimum atomic E-state index is -4.43. The van der Waals surface area contributed by atoms with Gasteiger partial charge in [0.1, 0.15) is 21.3 Å². The van der Waals surface area contributed by atoms with E-state index in [1.807, 2.05) is 6.92 Å². The number of ether oxygens (including phenoxy) is 2. The SMILES string of the molecule is Cc1cc(N2CCC(Oc3ccc(C(F)(F)F)cc3)C2=O)ccc1OCCCS(C)(=O)=O. The van der Waals surface area contributed by atoms with Crippen molar-refractivity contribution in [3.8, 4) is 11.5 Å². The van der Waals surface area contributed by atoms with E-state index in [-0.39, 0.29) is 24.0 Å². The molecular formula is C22H24F3NO5S. The van der Waals surface area contributed by atoms with E-state index in [1.165, 1.54) is 18.4 Å². The molecule has 1 aliphatic heterocycles. The fourth-order valence-corrected chi connectivity index (χ4v) is 4.02. The van der Waals surface area contributed by atoms with Crippen LogP contribution in [0.1, 0.15) is 24.0 Å². The molecule has 1 atom stereocenters. The number of halogens is 3. The number of rotatable bonds is 8. The molecule has 0 N–H and O–H groups in total. The summed E-state index contributed by atoms with van der Waals surface area (Å²) in [4.78, 5) is 14.3. The second kappa shape index (κ2) is 9.40. The lowest BCUT2D eigenvalue weighted by Gasteiger charge is -2.19. The highest BCUT2D eigenvalue weighted by molar-refractivity contribution is 7.90. The zero-order valence-electron chi connectivity index (χ0n) is 17.7. The molecule has 32 heavy (non-hydrogen) atoms. The summed E-state index contributed by atoms with van der Waals surface area (Å²) in [5.74, 6) is 0.581. The number of carbonyl (C=O) groups excluding carboxylic acids is 1. The predicted molar refractivity (Wildman–Crippen MR) is 114 cm³/mol. The molecule has 2 aromatic carbocycles. The van der Waals surface area contributed by atoms with E-state index < -0.39 is 27.7 Å². The molecule has 0 radical (unpaired) electrons. The zero-order valence-corrected chi connectivity index (χ0v) is 18.5. The molecule has 10 heteroatoms. The lowest BCUT2D eigenvalue weighted by molar-refractivity contribution is -0.137. The summed E-state index contributed by atoms with van der Waals surface area (Å²) in [6.45, 7) is 2.50. The molecule has 0 spiro atoms. The van der Waals surface area contributed by atoms with Crippen molar-refractivity contribution in [3.63, 3.8) is 0 Å². The Labute approximate surface area is 184 Å². The Hall–Kier alpha value is -2.75. The van der Waals surface area contributed by atoms with Crippen molar-refractivity contribution in [2.24, 2.45) is 0 Å². The summed E-state index contributed by atoms with van der Waals surface area (Å²) in [5.41, 5.74) is 0.676. The molecule has 1 amide bonds. The summed E-state index contributed by atoms with van der Waals surface area (Å²) in [6.07, 6.45) is -3.25. The van der Waals surface area contributed by atoms with Crippen molar-refractivity contribution in [2.75, 3.05) is 30.1 Å². The van der Waals surface area contributed by atoms with Crippen LogP contribution in [0.15, 0.2) is 42.5 Å². The van der Waals surface area contributed by atoms with Crippen LogP contribution in [0, 0.1) is 6.92 Å². The summed E-state index contributed by atoms with van der Waals surface area (Å²) >= 11 is 0. The number of hydrogen-bond donors (Lipinski definition) is 0. The van der Waals surface area contributed by atoms with Gasteiger partial charge in [-0.2, -0.15) is 13.2 Å². The van der Waals surface area contributed by atoms with Gasteiger partial charge in [-0.3, -0.25) is 4.79 Å². The van der Waals surface area contributed by atoms with Gasteiger partial charge in [0.2, 0.25) is 0 Å². The van der Waals surface area contributed by atoms with Gasteiger partial charge in [-0.15, -0.1) is 0 Å². The molecule has 0 saturated carbocycles. The third kappa shape index (κ3) is 6.15. The van der Waals surface area contributed by atoms with Gasteiger partial charge in [0.15, 0.2) is 6.10 Å². The number of benzene rings is 2. The van der Waals surface area contributed by atoms with E-state index in [4.69, 9.17) is 9.47 Å². The summed E-state index contributed by atoms with van der Waals surface area (Å²) in [7, 11) is -3.04. The first-order valence-electron chi connectivity index (χ1n) is 10.0. The van der Waals surface area contributed by atoms with Crippen LogP contribution in [0.3, 0.4) is 0 Å². The number of sulfone groups is 1. The Bertz CT molecular complexity index is 1070. The molecule has 2 aromatic rings. The lowest BCUT2D eigenvalue weighted by Crippen LogP contribution is -2.32. The van der Waals surface area contributed by atoms with Crippen molar-refractivity contribution < 1.29 is 35.9 Å². The number of hydrogen-bond acceptors (Lipinski definition) is 5. The van der Waals surface area contributed by atoms with Crippen LogP contribution in [0.25, 0.3) is 0 Å². The Morgan fingerprint density at radius 2 is 1.81 bits per heavy atom. The van der Waals surface area contributed by atoms with Crippen LogP contribution in [-0.2, 0) is 20.8 Å². The van der Waals surface area contributed by atoms with Crippen LogP contribution >= 0.6 is 0 Å². The van der Waals surface area contributed by atoms with Crippen LogP contribution < -0.4 is 14.4 Å². The van der Waals surface area contributed by atoms with Gasteiger partial charge in [0.05, 0.1) is 17.9 Å². The Balaban J connectivity index is 1.59. The highest BCUT2D eigenvalue weighted by atomic mass is 32.2. The van der Waals surface area contributed by atoms with E-state index in [1.54, 1.807) is 23.1 Å². The van der Waals surface area contributed by atoms with Crippen molar-refractivity contribution in [3.05, 3.63) is 53.6 Å². The van der Waals surface area contributed by atoms with Crippen LogP contribution in [0.2, 0.25) is 0 Å². The molecule has 174 valence electrons. The Morgan fingerprint density at radius 1 is 1.12 bits per heavy atom. The minimum Gasteiger partial charge on any atom is -0.493 e. The summed E-state index contributed by atoms with van der Waals surface area (Å²) < 4.78 is 71.7. The van der Waals surface area contributed by atoms with Crippen molar-refractivity contribution >= 4 is 21.4 Å². The van der Waals surface area contributed by atoms with Crippen LogP contribution in [0.4, 0.5) is 18.9 Å². The van der Waals surface area contributed by atoms with Gasteiger partial charge in [0.25, 0.3) is 5.91 Å². The molecular weight excluding hydrogens is 447 g/mol. The number of nitrogens with zero attached hydrogens (tertiary/aromatic N) is 1. The normalized spacial score (nSPS) is 17.0. The molecule has 1 saturated heterocycles. The Kier molecular flexibility index (Phi) is 7.02. The first-order chi connectivity index (χ1) is 14.9. The van der Waals surface area contributed by atoms with Crippen molar-refractivity contribution in [2.45, 2.75) is 32.0 Å². The number of amides is 1. The van der Waals surface area contributed by atoms with Gasteiger partial charge in [0, 0.05) is 24.9 Å². The zero-order chi connectivity index (χ0) is 23.5. The maximum Gasteiger partial charge on any atom is 0.416 e. The molecule has 0 bridgehead atoms. The topological polar surface area (TPSA) is 72.9 Å². The monoisotopic (exact) mass is 471 g/mol. The van der Waals surface area contributed by atoms with Gasteiger partial charge in [-0.05, 0) is 61.4 Å². The number of aryl methyl sites for hydroxylation is 1. The molecule has 3 rings (SSSR count). The number of anilines is 1. The van der Waals surface area contributed by atoms with E-state index in [2.05, 4.69) is 0 Å². The molecule has 0 aromatic heterocycles. The van der Waals surface area contributed by atoms with E-state index in [0.717, 1.165) is 17.7 Å². The average Bonchev–Trinajstić information content (AvgIpc) is 3.05. The maximum atomic E-state index is 12.8. The molecule has 1 unspecified atom stereocenters. The van der Waals surface area contributed by atoms with Crippen molar-refractivity contribution in [1.29, 1.82) is 0 Å². The van der Waals surface area contributed by atoms with Crippen LogP contribution in [0.5, 0.6) is 11.5 Å². The molecule has 1 aliphatic rings. The van der Waals surface area contributed by atoms with Crippen molar-refractivity contribution in [1.82, 2.24) is 0 Å². The van der Waals surface area contributed by atoms with Gasteiger partial charge >= 0.3 is 6.18 Å². The molecule has 1 heterocycles. The third-order valence-electron chi connectivity index (χ3n) is 5.00. The second-order valence-electron chi connectivity index (χ2n) is 7.69. The van der Waals surface area contributed by atoms with E-state index in [9.17, 15) is 26.4 Å². The quantitative estimate of drug-likeness (QED) is 0.544. The van der Waals surface area contributed by atoms with E-state index >= 15 is 0 Å². The van der Waals surface area contributed by atoms with Gasteiger partial charge < -0.3 is 14.4 Å². The van der Waals surface area contributed by atoms with Gasteiger partial charge in [-0.1, -0.05) is 0 Å². The smallest absolute Gasteiger partial charge is 0.416 e. The highest BCUT2D eigenvalue weighted by Crippen LogP contribution is 2.32. The largest absolute Gasteiger partial charge is 0.493 e. The number of carbonyl (C=O) groups is 1. The third-order valence-corrected chi connectivity index (χ3v) is 6.03. The first-order valence-corrected chi connectivity index (χ1v) is 12.1. The fraction of sp³-hybridized carbons (Fsp3) is 0.409. The fourth-order valence-electron chi connectivity index (χ4n) is 3.37. The summed E-state index contributed by atoms with van der Waals surface area (Å²) in [5, 5.41) is 0. The second-order valence-corrected chi connectivity index (χ2v) is 9.95. The minimum absolute atomic E-state index is 0.0483. The predicted octanol–water partition coefficient (Wildman–Crippen LogP) is 4.01. The standard InChI is InChI=1S/C22H24F3NO5S/c1-15-14-17(6-9-19(15)30-12-3-13-32(2,28)29)26-11-10-20(21(26)27)31-18-7-4-16(5-8-18)22(23,24)25/h4-9,14,20H,3,10-13H2,1-2H3. The van der Waals surface area contributed by atoms with E-state index in [0.29, 0.717) is 30.8 Å². The maximum absolute atomic E-state index is 12.8. The lowest BCUT2D eigenvalue weighted by atomic mass is 10.2. The first kappa shape index (κ1) is 23.9. The highest BCUT2D eigenvalue weighted by Gasteiger charge is 2.35. The summed E-state index contributed by atoms with van der Waals surface area (Å²) in [6, 6.07) is 9.51. The molecule has 1 fully saturated rings. The average molecular weight is 471 g/mol. The van der Waals surface area contributed by atoms with Crippen LogP contribution in [-0.4, -0.2) is 45.6 Å². The molecule has 6 nitrogen and oxygen atoms in total. The molecule has 0 aliphatic carbocycles. The Morgan fingerprint density at radius 3 is 2.41 bits per heavy atom. The number of alkyl halides is 3. The van der Waals surface area contributed by atoms with Gasteiger partial charge in [-0.25, -0.2) is 8.42 Å².